The normalized spacial score (nSPS) is 12.1. The van der Waals surface area contributed by atoms with Gasteiger partial charge < -0.3 is 15.5 Å². The first kappa shape index (κ1) is 15.2. The van der Waals surface area contributed by atoms with Gasteiger partial charge in [-0.2, -0.15) is 0 Å². The molecule has 2 rings (SSSR count). The Morgan fingerprint density at radius 3 is 2.90 bits per heavy atom. The summed E-state index contributed by atoms with van der Waals surface area (Å²) in [5.74, 6) is 0.827. The van der Waals surface area contributed by atoms with E-state index in [0.29, 0.717) is 24.8 Å². The molecule has 1 unspecified atom stereocenters. The summed E-state index contributed by atoms with van der Waals surface area (Å²) < 4.78 is 5.15. The van der Waals surface area contributed by atoms with Gasteiger partial charge in [0.05, 0.1) is 0 Å². The summed E-state index contributed by atoms with van der Waals surface area (Å²) in [5.41, 5.74) is 8.12. The molecule has 0 aliphatic rings. The van der Waals surface area contributed by atoms with E-state index in [1.807, 2.05) is 32.0 Å². The quantitative estimate of drug-likeness (QED) is 0.851. The SMILES string of the molecule is Cc1cc(-c2nnco2)ccc1NC(=O)CCC(C)CN. The Hall–Kier alpha value is -2.21. The van der Waals surface area contributed by atoms with E-state index in [2.05, 4.69) is 15.5 Å². The van der Waals surface area contributed by atoms with Crippen LogP contribution in [0.5, 0.6) is 0 Å². The van der Waals surface area contributed by atoms with Crippen LogP contribution in [0.15, 0.2) is 29.0 Å². The van der Waals surface area contributed by atoms with Crippen molar-refractivity contribution in [3.63, 3.8) is 0 Å². The van der Waals surface area contributed by atoms with Crippen LogP contribution in [0, 0.1) is 12.8 Å². The number of anilines is 1. The van der Waals surface area contributed by atoms with E-state index in [0.717, 1.165) is 23.2 Å². The number of hydrogen-bond acceptors (Lipinski definition) is 5. The zero-order chi connectivity index (χ0) is 15.2. The fourth-order valence-electron chi connectivity index (χ4n) is 1.94. The van der Waals surface area contributed by atoms with Crippen LogP contribution < -0.4 is 11.1 Å². The van der Waals surface area contributed by atoms with E-state index in [-0.39, 0.29) is 5.91 Å². The van der Waals surface area contributed by atoms with E-state index in [1.54, 1.807) is 0 Å². The van der Waals surface area contributed by atoms with Crippen LogP contribution in [0.2, 0.25) is 0 Å². The molecule has 1 atom stereocenters. The molecule has 2 aromatic rings. The molecule has 1 amide bonds. The third-order valence-electron chi connectivity index (χ3n) is 3.37. The monoisotopic (exact) mass is 288 g/mol. The van der Waals surface area contributed by atoms with Gasteiger partial charge in [-0.25, -0.2) is 0 Å². The van der Waals surface area contributed by atoms with Gasteiger partial charge >= 0.3 is 0 Å². The van der Waals surface area contributed by atoms with Crippen molar-refractivity contribution in [2.24, 2.45) is 11.7 Å². The van der Waals surface area contributed by atoms with Gasteiger partial charge in [0, 0.05) is 17.7 Å². The Labute approximate surface area is 123 Å². The predicted octanol–water partition coefficient (Wildman–Crippen LogP) is 2.36. The van der Waals surface area contributed by atoms with E-state index in [9.17, 15) is 4.79 Å². The number of carbonyl (C=O) groups excluding carboxylic acids is 1. The summed E-state index contributed by atoms with van der Waals surface area (Å²) in [6, 6.07) is 5.60. The molecule has 21 heavy (non-hydrogen) atoms. The first-order chi connectivity index (χ1) is 10.1. The van der Waals surface area contributed by atoms with Crippen LogP contribution in [-0.4, -0.2) is 22.6 Å². The highest BCUT2D eigenvalue weighted by molar-refractivity contribution is 5.91. The smallest absolute Gasteiger partial charge is 0.247 e. The van der Waals surface area contributed by atoms with E-state index in [4.69, 9.17) is 10.2 Å². The number of nitrogens with one attached hydrogen (secondary N) is 1. The standard InChI is InChI=1S/C15H20N4O2/c1-10(8-16)3-6-14(20)18-13-5-4-12(7-11(13)2)15-19-17-9-21-15/h4-5,7,9-10H,3,6,8,16H2,1-2H3,(H,18,20). The molecule has 0 saturated carbocycles. The number of aromatic nitrogens is 2. The molecule has 0 fully saturated rings. The molecule has 1 aromatic heterocycles. The highest BCUT2D eigenvalue weighted by Gasteiger charge is 2.09. The predicted molar refractivity (Wildman–Crippen MR) is 80.6 cm³/mol. The Morgan fingerprint density at radius 2 is 2.29 bits per heavy atom. The highest BCUT2D eigenvalue weighted by atomic mass is 16.4. The second kappa shape index (κ2) is 6.99. The van der Waals surface area contributed by atoms with Crippen molar-refractivity contribution in [1.29, 1.82) is 0 Å². The van der Waals surface area contributed by atoms with Gasteiger partial charge in [0.25, 0.3) is 0 Å². The number of benzene rings is 1. The maximum absolute atomic E-state index is 11.9. The lowest BCUT2D eigenvalue weighted by molar-refractivity contribution is -0.116. The molecule has 0 bridgehead atoms. The molecule has 1 aromatic carbocycles. The Bertz CT molecular complexity index is 596. The maximum Gasteiger partial charge on any atom is 0.247 e. The Kier molecular flexibility index (Phi) is 5.05. The fraction of sp³-hybridized carbons (Fsp3) is 0.400. The van der Waals surface area contributed by atoms with Crippen LogP contribution in [0.25, 0.3) is 11.5 Å². The molecule has 0 aliphatic heterocycles. The molecule has 112 valence electrons. The first-order valence-electron chi connectivity index (χ1n) is 6.97. The zero-order valence-electron chi connectivity index (χ0n) is 12.3. The molecule has 6 heteroatoms. The van der Waals surface area contributed by atoms with Gasteiger partial charge in [-0.3, -0.25) is 4.79 Å². The van der Waals surface area contributed by atoms with Gasteiger partial charge in [0.1, 0.15) is 0 Å². The number of rotatable bonds is 6. The molecule has 0 saturated heterocycles. The van der Waals surface area contributed by atoms with Gasteiger partial charge in [0.15, 0.2) is 0 Å². The summed E-state index contributed by atoms with van der Waals surface area (Å²) in [6.45, 7) is 4.57. The Morgan fingerprint density at radius 1 is 1.48 bits per heavy atom. The lowest BCUT2D eigenvalue weighted by Gasteiger charge is -2.11. The van der Waals surface area contributed by atoms with E-state index in [1.165, 1.54) is 6.39 Å². The first-order valence-corrected chi connectivity index (χ1v) is 6.97. The largest absolute Gasteiger partial charge is 0.423 e. The molecular weight excluding hydrogens is 268 g/mol. The molecular formula is C15H20N4O2. The van der Waals surface area contributed by atoms with Crippen LogP contribution in [0.1, 0.15) is 25.3 Å². The highest BCUT2D eigenvalue weighted by Crippen LogP contribution is 2.23. The third-order valence-corrected chi connectivity index (χ3v) is 3.37. The Balaban J connectivity index is 1.99. The zero-order valence-corrected chi connectivity index (χ0v) is 12.3. The number of nitrogens with zero attached hydrogens (tertiary/aromatic N) is 2. The van der Waals surface area contributed by atoms with Crippen molar-refractivity contribution in [1.82, 2.24) is 10.2 Å². The molecule has 1 heterocycles. The second-order valence-electron chi connectivity index (χ2n) is 5.20. The number of aryl methyl sites for hydroxylation is 1. The van der Waals surface area contributed by atoms with Crippen molar-refractivity contribution in [3.8, 4) is 11.5 Å². The summed E-state index contributed by atoms with van der Waals surface area (Å²) >= 11 is 0. The molecule has 3 N–H and O–H groups in total. The summed E-state index contributed by atoms with van der Waals surface area (Å²) in [4.78, 5) is 11.9. The molecule has 6 nitrogen and oxygen atoms in total. The topological polar surface area (TPSA) is 94.0 Å². The van der Waals surface area contributed by atoms with Crippen molar-refractivity contribution in [2.45, 2.75) is 26.7 Å². The minimum absolute atomic E-state index is 0.00365. The van der Waals surface area contributed by atoms with E-state index >= 15 is 0 Å². The van der Waals surface area contributed by atoms with Crippen molar-refractivity contribution in [3.05, 3.63) is 30.2 Å². The average molecular weight is 288 g/mol. The summed E-state index contributed by atoms with van der Waals surface area (Å²) in [5, 5.41) is 10.4. The van der Waals surface area contributed by atoms with Crippen LogP contribution in [0.3, 0.4) is 0 Å². The van der Waals surface area contributed by atoms with Crippen LogP contribution in [0.4, 0.5) is 5.69 Å². The molecule has 0 aliphatic carbocycles. The number of amides is 1. The molecule has 0 spiro atoms. The lowest BCUT2D eigenvalue weighted by atomic mass is 10.1. The van der Waals surface area contributed by atoms with Crippen molar-refractivity contribution in [2.75, 3.05) is 11.9 Å². The second-order valence-corrected chi connectivity index (χ2v) is 5.20. The number of nitrogens with two attached hydrogens (primary N) is 1. The molecule has 0 radical (unpaired) electrons. The third kappa shape index (κ3) is 4.13. The summed E-state index contributed by atoms with van der Waals surface area (Å²) in [7, 11) is 0. The van der Waals surface area contributed by atoms with Crippen LogP contribution in [-0.2, 0) is 4.79 Å². The number of hydrogen-bond donors (Lipinski definition) is 2. The van der Waals surface area contributed by atoms with Gasteiger partial charge in [-0.05, 0) is 49.6 Å². The minimum Gasteiger partial charge on any atom is -0.423 e. The minimum atomic E-state index is 0.00365. The average Bonchev–Trinajstić information content (AvgIpc) is 3.01. The summed E-state index contributed by atoms with van der Waals surface area (Å²) in [6.07, 6.45) is 2.56. The van der Waals surface area contributed by atoms with Gasteiger partial charge in [-0.1, -0.05) is 6.92 Å². The fourth-order valence-corrected chi connectivity index (χ4v) is 1.94. The van der Waals surface area contributed by atoms with E-state index < -0.39 is 0 Å². The van der Waals surface area contributed by atoms with Gasteiger partial charge in [0.2, 0.25) is 18.2 Å². The number of carbonyl (C=O) groups is 1. The van der Waals surface area contributed by atoms with Gasteiger partial charge in [-0.15, -0.1) is 10.2 Å². The maximum atomic E-state index is 11.9. The van der Waals surface area contributed by atoms with Crippen LogP contribution >= 0.6 is 0 Å². The van der Waals surface area contributed by atoms with Crippen molar-refractivity contribution >= 4 is 11.6 Å². The lowest BCUT2D eigenvalue weighted by Crippen LogP contribution is -2.16. The van der Waals surface area contributed by atoms with Crippen molar-refractivity contribution < 1.29 is 9.21 Å².